The van der Waals surface area contributed by atoms with Gasteiger partial charge in [0.05, 0.1) is 70.4 Å². The molecule has 0 aliphatic carbocycles. The first-order valence-electron chi connectivity index (χ1n) is 36.1. The summed E-state index contributed by atoms with van der Waals surface area (Å²) in [7, 11) is -3.31. The Balaban J connectivity index is 0.000000166. The molecule has 4 aromatic heterocycles. The van der Waals surface area contributed by atoms with Gasteiger partial charge in [-0.2, -0.15) is 0 Å². The molecule has 12 rings (SSSR count). The number of rotatable bonds is 34. The first-order chi connectivity index (χ1) is 52.0. The molecule has 568 valence electrons. The number of anilines is 2. The van der Waals surface area contributed by atoms with Crippen molar-refractivity contribution in [1.82, 2.24) is 38.2 Å². The highest BCUT2D eigenvalue weighted by atomic mass is 32.2. The molecule has 12 aromatic rings. The van der Waals surface area contributed by atoms with E-state index in [9.17, 15) is 21.6 Å². The third-order valence-electron chi connectivity index (χ3n) is 17.8. The van der Waals surface area contributed by atoms with Crippen molar-refractivity contribution in [3.05, 3.63) is 188 Å². The lowest BCUT2D eigenvalue weighted by Gasteiger charge is -2.12. The van der Waals surface area contributed by atoms with Gasteiger partial charge < -0.3 is 82.7 Å². The average molecular weight is 1500 g/mol. The van der Waals surface area contributed by atoms with Crippen molar-refractivity contribution in [3.8, 4) is 57.2 Å². The van der Waals surface area contributed by atoms with E-state index in [2.05, 4.69) is 40.9 Å². The van der Waals surface area contributed by atoms with E-state index in [1.165, 1.54) is 18.4 Å². The third kappa shape index (κ3) is 24.2. The number of nitrogens with zero attached hydrogens (tertiary/aromatic N) is 8. The highest BCUT2D eigenvalue weighted by molar-refractivity contribution is 7.90. The molecule has 31 heteroatoms. The fraction of sp³-hybridized carbons (Fsp3) is 0.325. The predicted molar refractivity (Wildman–Crippen MR) is 420 cm³/mol. The molecular formula is C77H92B4F3N9O14S. The van der Waals surface area contributed by atoms with Crippen LogP contribution in [-0.4, -0.2) is 149 Å². The van der Waals surface area contributed by atoms with E-state index in [0.717, 1.165) is 175 Å². The molecule has 8 aromatic carbocycles. The van der Waals surface area contributed by atoms with E-state index in [1.54, 1.807) is 57.7 Å². The molecule has 0 atom stereocenters. The zero-order chi connectivity index (χ0) is 77.2. The number of para-hydroxylation sites is 8. The van der Waals surface area contributed by atoms with Crippen molar-refractivity contribution in [2.75, 3.05) is 32.9 Å². The zero-order valence-corrected chi connectivity index (χ0v) is 61.8. The lowest BCUT2D eigenvalue weighted by molar-refractivity contribution is -0.274. The molecule has 0 spiro atoms. The van der Waals surface area contributed by atoms with Crippen LogP contribution in [0.1, 0.15) is 77.0 Å². The summed E-state index contributed by atoms with van der Waals surface area (Å²) in [5.41, 5.74) is 11.2. The number of nitrogens with one attached hydrogen (secondary N) is 1. The van der Waals surface area contributed by atoms with E-state index in [4.69, 9.17) is 69.4 Å². The SMILES string of the molecule is COc1ccc(-c2nc3ccccc3n2CCCCCB(O)O)cc1OC.COc1cccc(Nc2nc3ccccc3n2CCCCCB(O)O)c1.CS(=O)(=O)c1ccc(-c2nc3ccccc3n2CCCCCB(O)O)cc1.OB(O)CCCCCn1c(-c2ccc(OC(F)(F)F)cc2)nc2ccccc21. The summed E-state index contributed by atoms with van der Waals surface area (Å²) in [6.07, 6.45) is 8.19. The molecule has 9 N–H and O–H groups in total. The smallest absolute Gasteiger partial charge is 0.497 e. The number of hydrogen-bond donors (Lipinski definition) is 9. The van der Waals surface area contributed by atoms with Crippen LogP contribution in [0.25, 0.3) is 78.3 Å². The van der Waals surface area contributed by atoms with Crippen molar-refractivity contribution in [2.45, 2.75) is 140 Å². The van der Waals surface area contributed by atoms with Crippen molar-refractivity contribution < 1.29 is 80.7 Å². The molecule has 0 aliphatic rings. The monoisotopic (exact) mass is 1500 g/mol. The maximum Gasteiger partial charge on any atom is 0.573 e. The minimum atomic E-state index is -4.73. The summed E-state index contributed by atoms with van der Waals surface area (Å²) in [6.45, 7) is 3.05. The van der Waals surface area contributed by atoms with Crippen LogP contribution in [-0.2, 0) is 36.0 Å². The first kappa shape index (κ1) is 82.4. The number of fused-ring (bicyclic) bond motifs is 4. The van der Waals surface area contributed by atoms with E-state index in [1.807, 2.05) is 132 Å². The summed E-state index contributed by atoms with van der Waals surface area (Å²) >= 11 is 0. The minimum Gasteiger partial charge on any atom is -0.497 e. The Morgan fingerprint density at radius 1 is 0.389 bits per heavy atom. The summed E-state index contributed by atoms with van der Waals surface area (Å²) in [5.74, 6) is 5.03. The van der Waals surface area contributed by atoms with Crippen LogP contribution in [0.3, 0.4) is 0 Å². The molecule has 0 aliphatic heterocycles. The van der Waals surface area contributed by atoms with Gasteiger partial charge in [-0.3, -0.25) is 0 Å². The van der Waals surface area contributed by atoms with Gasteiger partial charge in [0, 0.05) is 60.9 Å². The largest absolute Gasteiger partial charge is 0.573 e. The number of alkyl halides is 3. The lowest BCUT2D eigenvalue weighted by Crippen LogP contribution is -2.16. The minimum absolute atomic E-state index is 0.276. The molecule has 0 saturated heterocycles. The molecule has 108 heavy (non-hydrogen) atoms. The van der Waals surface area contributed by atoms with Crippen molar-refractivity contribution in [3.63, 3.8) is 0 Å². The Labute approximate surface area is 627 Å². The number of sulfone groups is 1. The number of aryl methyl sites for hydroxylation is 4. The van der Waals surface area contributed by atoms with Crippen LogP contribution in [0.5, 0.6) is 23.0 Å². The van der Waals surface area contributed by atoms with E-state index in [-0.39, 0.29) is 10.6 Å². The summed E-state index contributed by atoms with van der Waals surface area (Å²) in [4.78, 5) is 19.2. The van der Waals surface area contributed by atoms with Crippen LogP contribution in [0.4, 0.5) is 24.8 Å². The van der Waals surface area contributed by atoms with Crippen LogP contribution in [0.2, 0.25) is 25.3 Å². The number of benzene rings is 8. The number of halogens is 3. The number of aromatic nitrogens is 8. The quantitative estimate of drug-likeness (QED) is 0.0134. The lowest BCUT2D eigenvalue weighted by atomic mass is 9.83. The normalized spacial score (nSPS) is 11.4. The van der Waals surface area contributed by atoms with Gasteiger partial charge in [0.15, 0.2) is 21.3 Å². The fourth-order valence-electron chi connectivity index (χ4n) is 12.5. The summed E-state index contributed by atoms with van der Waals surface area (Å²) in [5, 5.41) is 75.0. The molecule has 0 bridgehead atoms. The topological polar surface area (TPSA) is 316 Å². The Morgan fingerprint density at radius 3 is 1.15 bits per heavy atom. The van der Waals surface area contributed by atoms with Crippen LogP contribution in [0.15, 0.2) is 193 Å². The van der Waals surface area contributed by atoms with Gasteiger partial charge in [-0.15, -0.1) is 13.2 Å². The van der Waals surface area contributed by atoms with Gasteiger partial charge in [0.2, 0.25) is 5.95 Å². The predicted octanol–water partition coefficient (Wildman–Crippen LogP) is 13.8. The van der Waals surface area contributed by atoms with Gasteiger partial charge in [0.1, 0.15) is 29.0 Å². The number of hydrogen-bond acceptors (Lipinski definition) is 19. The van der Waals surface area contributed by atoms with Crippen LogP contribution < -0.4 is 24.3 Å². The average Bonchev–Trinajstić information content (AvgIpc) is 1.65. The van der Waals surface area contributed by atoms with Gasteiger partial charge in [-0.1, -0.05) is 106 Å². The fourth-order valence-corrected chi connectivity index (χ4v) is 13.2. The molecule has 0 fully saturated rings. The van der Waals surface area contributed by atoms with Crippen LogP contribution in [0, 0.1) is 0 Å². The summed E-state index contributed by atoms with van der Waals surface area (Å²) in [6, 6.07) is 57.7. The molecule has 0 radical (unpaired) electrons. The highest BCUT2D eigenvalue weighted by Gasteiger charge is 2.31. The maximum atomic E-state index is 12.4. The highest BCUT2D eigenvalue weighted by Crippen LogP contribution is 2.36. The van der Waals surface area contributed by atoms with E-state index in [0.29, 0.717) is 61.1 Å². The second-order valence-corrected chi connectivity index (χ2v) is 27.9. The van der Waals surface area contributed by atoms with Crippen molar-refractivity contribution >= 4 is 94.1 Å². The van der Waals surface area contributed by atoms with Gasteiger partial charge in [-0.05, 0) is 178 Å². The molecule has 0 unspecified atom stereocenters. The molecule has 0 amide bonds. The van der Waals surface area contributed by atoms with Crippen LogP contribution >= 0.6 is 0 Å². The Hall–Kier alpha value is -9.68. The Morgan fingerprint density at radius 2 is 0.759 bits per heavy atom. The Bertz CT molecular complexity index is 4890. The molecule has 4 heterocycles. The third-order valence-corrected chi connectivity index (χ3v) is 19.0. The Kier molecular flexibility index (Phi) is 30.9. The summed E-state index contributed by atoms with van der Waals surface area (Å²) < 4.78 is 89.0. The van der Waals surface area contributed by atoms with Gasteiger partial charge >= 0.3 is 34.8 Å². The second kappa shape index (κ2) is 40.5. The van der Waals surface area contributed by atoms with E-state index >= 15 is 0 Å². The van der Waals surface area contributed by atoms with Gasteiger partial charge in [-0.25, -0.2) is 28.4 Å². The number of ether oxygens (including phenoxy) is 4. The number of imidazole rings is 4. The van der Waals surface area contributed by atoms with Gasteiger partial charge in [0.25, 0.3) is 0 Å². The molecule has 23 nitrogen and oxygen atoms in total. The molecular weight excluding hydrogens is 1410 g/mol. The van der Waals surface area contributed by atoms with E-state index < -0.39 is 44.7 Å². The molecule has 0 saturated carbocycles. The second-order valence-electron chi connectivity index (χ2n) is 25.9. The zero-order valence-electron chi connectivity index (χ0n) is 61.0. The number of methoxy groups -OCH3 is 3. The standard InChI is InChI=1S/C20H25BN2O4.C19H20BF3N2O3.C19H24BN3O3.C19H23BN2O4S/c1-26-18-11-10-15(14-19(18)27-2)20-22-16-8-4-5-9-17(16)23(20)13-7-3-6-12-21(24)25;21-19(22,23)28-15-10-8-14(9-11-15)18-24-16-6-2-3-7-17(16)25(18)13-5-1-4-12-20(26)27;1-26-16-9-7-8-15(14-16)21-19-22-17-10-3-4-11-18(17)23(19)13-6-2-5-12-20(24)25;1-27(25,26)16-11-9-15(10-12-16)19-21-17-7-3-4-8-18(17)22(19)14-6-2-5-13-20(23)24/h4-5,8-11,14,24-25H,3,6-7,12-13H2,1-2H3;2-3,6-11,26-27H,1,4-5,12-13H2;3-4,7-11,14,24-25H,2,5-6,12-13H2,1H3,(H,21,22);3-4,7-12,23-24H,2,5-6,13-14H2,1H3. The van der Waals surface area contributed by atoms with Crippen molar-refractivity contribution in [2.24, 2.45) is 0 Å². The first-order valence-corrected chi connectivity index (χ1v) is 38.0. The maximum absolute atomic E-state index is 12.4. The van der Waals surface area contributed by atoms with Crippen molar-refractivity contribution in [1.29, 1.82) is 0 Å². The number of unbranched alkanes of at least 4 members (excludes halogenated alkanes) is 8.